The second kappa shape index (κ2) is 8.97. The third-order valence-corrected chi connectivity index (χ3v) is 3.79. The summed E-state index contributed by atoms with van der Waals surface area (Å²) in [5, 5.41) is 13.3. The molecule has 2 rings (SSSR count). The number of methoxy groups -OCH3 is 1. The number of aliphatic hydroxyl groups is 1. The number of ether oxygens (including phenoxy) is 2. The molecule has 1 aliphatic carbocycles. The molecule has 5 nitrogen and oxygen atoms in total. The first-order valence-electron chi connectivity index (χ1n) is 7.79. The summed E-state index contributed by atoms with van der Waals surface area (Å²) in [5.41, 5.74) is 0.972. The minimum absolute atomic E-state index is 0.0972. The molecule has 1 aromatic rings. The van der Waals surface area contributed by atoms with Crippen LogP contribution in [0, 0.1) is 0 Å². The van der Waals surface area contributed by atoms with Gasteiger partial charge in [-0.25, -0.2) is 0 Å². The summed E-state index contributed by atoms with van der Waals surface area (Å²) in [6, 6.07) is 3.89. The predicted molar refractivity (Wildman–Crippen MR) is 81.3 cm³/mol. The molecule has 1 aliphatic rings. The summed E-state index contributed by atoms with van der Waals surface area (Å²) in [5.74, 6) is 0.738. The molecule has 1 saturated carbocycles. The number of rotatable bonds is 7. The topological polar surface area (TPSA) is 63.6 Å². The van der Waals surface area contributed by atoms with E-state index < -0.39 is 0 Å². The highest BCUT2D eigenvalue weighted by atomic mass is 16.5. The molecule has 118 valence electrons. The molecule has 0 aliphatic heterocycles. The van der Waals surface area contributed by atoms with Gasteiger partial charge in [-0.3, -0.25) is 4.98 Å². The van der Waals surface area contributed by atoms with Crippen LogP contribution < -0.4 is 10.1 Å². The Kier molecular flexibility index (Phi) is 6.92. The van der Waals surface area contributed by atoms with Crippen molar-refractivity contribution >= 4 is 0 Å². The van der Waals surface area contributed by atoms with Crippen LogP contribution in [0.4, 0.5) is 0 Å². The molecule has 1 heterocycles. The van der Waals surface area contributed by atoms with Crippen molar-refractivity contribution in [2.45, 2.75) is 50.9 Å². The minimum Gasteiger partial charge on any atom is -0.486 e. The maximum Gasteiger partial charge on any atom is 0.138 e. The first kappa shape index (κ1) is 16.2. The Morgan fingerprint density at radius 3 is 2.90 bits per heavy atom. The number of pyridine rings is 1. The van der Waals surface area contributed by atoms with E-state index in [1.165, 1.54) is 6.42 Å². The SMILES string of the molecule is COCCNCc1ccc(OC2CCCCCC2O)cn1. The van der Waals surface area contributed by atoms with Crippen molar-refractivity contribution in [3.05, 3.63) is 24.0 Å². The Morgan fingerprint density at radius 2 is 2.14 bits per heavy atom. The van der Waals surface area contributed by atoms with Crippen LogP contribution in [0.25, 0.3) is 0 Å². The molecule has 5 heteroatoms. The molecule has 0 bridgehead atoms. The first-order valence-corrected chi connectivity index (χ1v) is 7.79. The lowest BCUT2D eigenvalue weighted by Crippen LogP contribution is -2.30. The number of aromatic nitrogens is 1. The molecular formula is C16H26N2O3. The summed E-state index contributed by atoms with van der Waals surface area (Å²) in [4.78, 5) is 4.38. The molecule has 0 aromatic carbocycles. The van der Waals surface area contributed by atoms with Crippen molar-refractivity contribution in [3.63, 3.8) is 0 Å². The number of nitrogens with one attached hydrogen (secondary N) is 1. The Labute approximate surface area is 126 Å². The van der Waals surface area contributed by atoms with Gasteiger partial charge in [0.05, 0.1) is 24.6 Å². The lowest BCUT2D eigenvalue weighted by atomic mass is 10.1. The molecule has 1 fully saturated rings. The summed E-state index contributed by atoms with van der Waals surface area (Å²) < 4.78 is 10.9. The molecule has 1 aromatic heterocycles. The lowest BCUT2D eigenvalue weighted by Gasteiger charge is -2.21. The highest BCUT2D eigenvalue weighted by Crippen LogP contribution is 2.23. The number of aliphatic hydroxyl groups excluding tert-OH is 1. The van der Waals surface area contributed by atoms with Crippen molar-refractivity contribution in [1.29, 1.82) is 0 Å². The number of nitrogens with zero attached hydrogens (tertiary/aromatic N) is 1. The van der Waals surface area contributed by atoms with Gasteiger partial charge >= 0.3 is 0 Å². The lowest BCUT2D eigenvalue weighted by molar-refractivity contribution is 0.0317. The summed E-state index contributed by atoms with van der Waals surface area (Å²) in [7, 11) is 1.69. The summed E-state index contributed by atoms with van der Waals surface area (Å²) in [6.07, 6.45) is 6.43. The van der Waals surface area contributed by atoms with Gasteiger partial charge in [-0.2, -0.15) is 0 Å². The van der Waals surface area contributed by atoms with Crippen LogP contribution in [0.1, 0.15) is 37.8 Å². The minimum atomic E-state index is -0.358. The second-order valence-electron chi connectivity index (χ2n) is 5.52. The van der Waals surface area contributed by atoms with Crippen LogP contribution >= 0.6 is 0 Å². The maximum absolute atomic E-state index is 10.1. The highest BCUT2D eigenvalue weighted by Gasteiger charge is 2.23. The molecule has 2 unspecified atom stereocenters. The fourth-order valence-corrected chi connectivity index (χ4v) is 2.54. The van der Waals surface area contributed by atoms with E-state index in [1.54, 1.807) is 13.3 Å². The van der Waals surface area contributed by atoms with E-state index in [4.69, 9.17) is 9.47 Å². The molecule has 0 radical (unpaired) electrons. The number of hydrogen-bond acceptors (Lipinski definition) is 5. The van der Waals surface area contributed by atoms with Crippen molar-refractivity contribution in [2.24, 2.45) is 0 Å². The molecule has 0 saturated heterocycles. The van der Waals surface area contributed by atoms with E-state index in [2.05, 4.69) is 10.3 Å². The summed E-state index contributed by atoms with van der Waals surface area (Å²) in [6.45, 7) is 2.22. The van der Waals surface area contributed by atoms with Gasteiger partial charge in [-0.1, -0.05) is 12.8 Å². The van der Waals surface area contributed by atoms with E-state index in [0.29, 0.717) is 6.61 Å². The maximum atomic E-state index is 10.1. The van der Waals surface area contributed by atoms with Crippen molar-refractivity contribution in [1.82, 2.24) is 10.3 Å². The third-order valence-electron chi connectivity index (χ3n) is 3.79. The molecule has 2 N–H and O–H groups in total. The Bertz CT molecular complexity index is 397. The van der Waals surface area contributed by atoms with E-state index in [1.807, 2.05) is 12.1 Å². The van der Waals surface area contributed by atoms with E-state index in [-0.39, 0.29) is 12.2 Å². The van der Waals surface area contributed by atoms with Crippen LogP contribution in [0.15, 0.2) is 18.3 Å². The van der Waals surface area contributed by atoms with E-state index in [0.717, 1.165) is 50.2 Å². The molecule has 21 heavy (non-hydrogen) atoms. The van der Waals surface area contributed by atoms with Gasteiger partial charge in [0.2, 0.25) is 0 Å². The normalized spacial score (nSPS) is 22.8. The smallest absolute Gasteiger partial charge is 0.138 e. The molecule has 0 amide bonds. The zero-order valence-corrected chi connectivity index (χ0v) is 12.8. The standard InChI is InChI=1S/C16H26N2O3/c1-20-10-9-17-11-13-7-8-14(12-18-13)21-16-6-4-2-3-5-15(16)19/h7-8,12,15-17,19H,2-6,9-11H2,1H3. The van der Waals surface area contributed by atoms with Crippen LogP contribution in [-0.4, -0.2) is 42.6 Å². The fourth-order valence-electron chi connectivity index (χ4n) is 2.54. The largest absolute Gasteiger partial charge is 0.486 e. The molecule has 0 spiro atoms. The van der Waals surface area contributed by atoms with Crippen LogP contribution in [0.5, 0.6) is 5.75 Å². The van der Waals surface area contributed by atoms with Gasteiger partial charge in [0.1, 0.15) is 11.9 Å². The van der Waals surface area contributed by atoms with Crippen molar-refractivity contribution in [3.8, 4) is 5.75 Å². The highest BCUT2D eigenvalue weighted by molar-refractivity contribution is 5.20. The Hall–Kier alpha value is -1.17. The van der Waals surface area contributed by atoms with Gasteiger partial charge in [0.15, 0.2) is 0 Å². The Morgan fingerprint density at radius 1 is 1.29 bits per heavy atom. The third kappa shape index (κ3) is 5.61. The molecule has 2 atom stereocenters. The average Bonchev–Trinajstić information content (AvgIpc) is 2.70. The van der Waals surface area contributed by atoms with E-state index >= 15 is 0 Å². The van der Waals surface area contributed by atoms with Crippen molar-refractivity contribution < 1.29 is 14.6 Å². The van der Waals surface area contributed by atoms with E-state index in [9.17, 15) is 5.11 Å². The average molecular weight is 294 g/mol. The Balaban J connectivity index is 1.81. The predicted octanol–water partition coefficient (Wildman–Crippen LogP) is 1.89. The summed E-state index contributed by atoms with van der Waals surface area (Å²) >= 11 is 0. The van der Waals surface area contributed by atoms with Crippen LogP contribution in [0.2, 0.25) is 0 Å². The number of hydrogen-bond donors (Lipinski definition) is 2. The van der Waals surface area contributed by atoms with Gasteiger partial charge in [-0.05, 0) is 31.4 Å². The molecular weight excluding hydrogens is 268 g/mol. The quantitative estimate of drug-likeness (QED) is 0.594. The van der Waals surface area contributed by atoms with Crippen LogP contribution in [0.3, 0.4) is 0 Å². The van der Waals surface area contributed by atoms with Gasteiger partial charge in [0.25, 0.3) is 0 Å². The first-order chi connectivity index (χ1) is 10.3. The van der Waals surface area contributed by atoms with Gasteiger partial charge in [-0.15, -0.1) is 0 Å². The van der Waals surface area contributed by atoms with Crippen LogP contribution in [-0.2, 0) is 11.3 Å². The zero-order chi connectivity index (χ0) is 14.9. The fraction of sp³-hybridized carbons (Fsp3) is 0.688. The van der Waals surface area contributed by atoms with Crippen molar-refractivity contribution in [2.75, 3.05) is 20.3 Å². The monoisotopic (exact) mass is 294 g/mol. The zero-order valence-electron chi connectivity index (χ0n) is 12.8. The van der Waals surface area contributed by atoms with Gasteiger partial charge < -0.3 is 19.9 Å². The van der Waals surface area contributed by atoms with Gasteiger partial charge in [0, 0.05) is 20.2 Å². The second-order valence-corrected chi connectivity index (χ2v) is 5.52.